The fourth-order valence-electron chi connectivity index (χ4n) is 3.66. The molecule has 1 saturated carbocycles. The van der Waals surface area contributed by atoms with Crippen molar-refractivity contribution in [2.75, 3.05) is 11.9 Å². The highest BCUT2D eigenvalue weighted by Crippen LogP contribution is 2.46. The largest absolute Gasteiger partial charge is 0.481 e. The minimum atomic E-state index is -0.737. The molecular weight excluding hydrogens is 318 g/mol. The van der Waals surface area contributed by atoms with Crippen molar-refractivity contribution in [2.24, 2.45) is 27.1 Å². The van der Waals surface area contributed by atoms with Gasteiger partial charge in [0.15, 0.2) is 6.17 Å². The number of aromatic nitrogens is 1. The van der Waals surface area contributed by atoms with Crippen LogP contribution in [0, 0.1) is 11.8 Å². The molecule has 0 bridgehead atoms. The molecule has 0 amide bonds. The number of amidine groups is 1. The first-order valence-corrected chi connectivity index (χ1v) is 9.11. The van der Waals surface area contributed by atoms with Crippen molar-refractivity contribution < 1.29 is 9.90 Å². The summed E-state index contributed by atoms with van der Waals surface area (Å²) in [6.07, 6.45) is 5.90. The molecule has 3 heterocycles. The fourth-order valence-corrected chi connectivity index (χ4v) is 3.66. The third-order valence-electron chi connectivity index (χ3n) is 5.15. The van der Waals surface area contributed by atoms with Gasteiger partial charge in [-0.05, 0) is 49.7 Å². The molecule has 25 heavy (non-hydrogen) atoms. The normalized spacial score (nSPS) is 26.7. The maximum absolute atomic E-state index is 10.7. The molecule has 1 aliphatic carbocycles. The molecule has 7 heteroatoms. The average molecular weight is 341 g/mol. The Hall–Kier alpha value is -2.31. The first-order valence-electron chi connectivity index (χ1n) is 9.11. The first kappa shape index (κ1) is 16.2. The van der Waals surface area contributed by atoms with E-state index < -0.39 is 5.97 Å². The lowest BCUT2D eigenvalue weighted by atomic mass is 10.1. The van der Waals surface area contributed by atoms with Crippen molar-refractivity contribution in [3.63, 3.8) is 0 Å². The van der Waals surface area contributed by atoms with E-state index in [2.05, 4.69) is 32.7 Å². The highest BCUT2D eigenvalue weighted by molar-refractivity contribution is 5.83. The van der Waals surface area contributed by atoms with Crippen LogP contribution in [0.1, 0.15) is 43.4 Å². The van der Waals surface area contributed by atoms with Gasteiger partial charge in [-0.25, -0.2) is 9.98 Å². The molecule has 0 saturated heterocycles. The van der Waals surface area contributed by atoms with E-state index in [1.807, 2.05) is 0 Å². The summed E-state index contributed by atoms with van der Waals surface area (Å²) in [4.78, 5) is 20.0. The summed E-state index contributed by atoms with van der Waals surface area (Å²) in [5, 5.41) is 20.6. The van der Waals surface area contributed by atoms with Crippen LogP contribution in [-0.4, -0.2) is 34.6 Å². The number of nitrogens with one attached hydrogen (secondary N) is 1. The summed E-state index contributed by atoms with van der Waals surface area (Å²) in [7, 11) is 0. The van der Waals surface area contributed by atoms with E-state index >= 15 is 0 Å². The highest BCUT2D eigenvalue weighted by atomic mass is 16.4. The molecule has 3 aliphatic rings. The Balaban J connectivity index is 1.25. The van der Waals surface area contributed by atoms with Gasteiger partial charge in [0.2, 0.25) is 0 Å². The smallest absolute Gasteiger partial charge is 0.303 e. The lowest BCUT2D eigenvalue weighted by Gasteiger charge is -2.17. The number of pyridine rings is 1. The van der Waals surface area contributed by atoms with Crippen LogP contribution in [0.2, 0.25) is 0 Å². The second kappa shape index (κ2) is 6.90. The van der Waals surface area contributed by atoms with Crippen molar-refractivity contribution in [1.29, 1.82) is 0 Å². The second-order valence-electron chi connectivity index (χ2n) is 7.13. The van der Waals surface area contributed by atoms with Gasteiger partial charge in [-0.15, -0.1) is 5.11 Å². The van der Waals surface area contributed by atoms with Crippen LogP contribution in [0.25, 0.3) is 0 Å². The van der Waals surface area contributed by atoms with Crippen molar-refractivity contribution in [3.8, 4) is 0 Å². The minimum absolute atomic E-state index is 0.148. The number of carboxylic acid groups (broad SMARTS) is 1. The zero-order chi connectivity index (χ0) is 17.2. The number of rotatable bonds is 7. The van der Waals surface area contributed by atoms with Gasteiger partial charge < -0.3 is 10.4 Å². The van der Waals surface area contributed by atoms with E-state index in [0.717, 1.165) is 56.0 Å². The Kier molecular flexibility index (Phi) is 4.46. The topological polar surface area (TPSA) is 99.3 Å². The van der Waals surface area contributed by atoms with Gasteiger partial charge in [0.1, 0.15) is 11.7 Å². The number of aryl methyl sites for hydroxylation is 2. The third kappa shape index (κ3) is 3.86. The van der Waals surface area contributed by atoms with Crippen LogP contribution < -0.4 is 5.32 Å². The van der Waals surface area contributed by atoms with Crippen LogP contribution in [0.3, 0.4) is 0 Å². The fraction of sp³-hybridized carbons (Fsp3) is 0.611. The number of aliphatic imine (C=N–C) groups is 1. The van der Waals surface area contributed by atoms with E-state index in [1.165, 1.54) is 12.0 Å². The quantitative estimate of drug-likeness (QED) is 0.796. The zero-order valence-electron chi connectivity index (χ0n) is 14.2. The lowest BCUT2D eigenvalue weighted by molar-refractivity contribution is -0.137. The Morgan fingerprint density at radius 1 is 1.32 bits per heavy atom. The second-order valence-corrected chi connectivity index (χ2v) is 7.13. The number of azo groups is 1. The number of anilines is 1. The number of nitrogens with zero attached hydrogens (tertiary/aromatic N) is 4. The number of aliphatic carboxylic acids is 1. The van der Waals surface area contributed by atoms with Gasteiger partial charge in [0.25, 0.3) is 0 Å². The summed E-state index contributed by atoms with van der Waals surface area (Å²) in [5.41, 5.74) is 2.41. The van der Waals surface area contributed by atoms with Crippen molar-refractivity contribution in [1.82, 2.24) is 4.98 Å². The lowest BCUT2D eigenvalue weighted by Crippen LogP contribution is -2.14. The molecule has 1 fully saturated rings. The number of fused-ring (bicyclic) bond motifs is 1. The predicted molar refractivity (Wildman–Crippen MR) is 93.9 cm³/mol. The van der Waals surface area contributed by atoms with Gasteiger partial charge in [-0.3, -0.25) is 4.79 Å². The van der Waals surface area contributed by atoms with Crippen LogP contribution in [-0.2, 0) is 17.6 Å². The summed E-state index contributed by atoms with van der Waals surface area (Å²) >= 11 is 0. The summed E-state index contributed by atoms with van der Waals surface area (Å²) in [6.45, 7) is 1.01. The summed E-state index contributed by atoms with van der Waals surface area (Å²) in [6, 6.07) is 4.30. The van der Waals surface area contributed by atoms with Crippen molar-refractivity contribution >= 4 is 17.6 Å². The zero-order valence-corrected chi connectivity index (χ0v) is 14.2. The first-order chi connectivity index (χ1) is 12.2. The number of carbonyl (C=O) groups is 1. The van der Waals surface area contributed by atoms with Gasteiger partial charge in [0.05, 0.1) is 0 Å². The molecule has 0 spiro atoms. The van der Waals surface area contributed by atoms with Crippen molar-refractivity contribution in [2.45, 2.75) is 51.1 Å². The molecular formula is C18H23N5O2. The van der Waals surface area contributed by atoms with Gasteiger partial charge in [-0.2, -0.15) is 5.11 Å². The molecule has 3 atom stereocenters. The van der Waals surface area contributed by atoms with Crippen LogP contribution in [0.4, 0.5) is 5.82 Å². The molecule has 0 radical (unpaired) electrons. The monoisotopic (exact) mass is 341 g/mol. The third-order valence-corrected chi connectivity index (χ3v) is 5.15. The Morgan fingerprint density at radius 3 is 3.12 bits per heavy atom. The van der Waals surface area contributed by atoms with E-state index in [0.29, 0.717) is 0 Å². The average Bonchev–Trinajstić information content (AvgIpc) is 3.19. The standard InChI is InChI=1S/C18H23N5O2/c24-16(25)10-12-9-14(12)18-21-15(22-23-18)5-1-4-13-7-6-11-3-2-8-19-17(11)20-13/h6-7,12,14,18H,1-5,8-10H2,(H,19,20)(H,24,25). The number of hydrogen-bond acceptors (Lipinski definition) is 6. The van der Waals surface area contributed by atoms with E-state index in [9.17, 15) is 4.79 Å². The van der Waals surface area contributed by atoms with Gasteiger partial charge in [-0.1, -0.05) is 6.07 Å². The molecule has 2 N–H and O–H groups in total. The highest BCUT2D eigenvalue weighted by Gasteiger charge is 2.45. The van der Waals surface area contributed by atoms with Crippen LogP contribution in [0.15, 0.2) is 27.4 Å². The summed E-state index contributed by atoms with van der Waals surface area (Å²) in [5.74, 6) is 1.59. The minimum Gasteiger partial charge on any atom is -0.481 e. The molecule has 1 aromatic rings. The molecule has 7 nitrogen and oxygen atoms in total. The number of hydrogen-bond donors (Lipinski definition) is 2. The maximum Gasteiger partial charge on any atom is 0.303 e. The number of carboxylic acids is 1. The van der Waals surface area contributed by atoms with E-state index in [4.69, 9.17) is 10.1 Å². The summed E-state index contributed by atoms with van der Waals surface area (Å²) < 4.78 is 0. The van der Waals surface area contributed by atoms with E-state index in [-0.39, 0.29) is 24.4 Å². The van der Waals surface area contributed by atoms with Crippen molar-refractivity contribution in [3.05, 3.63) is 23.4 Å². The van der Waals surface area contributed by atoms with Gasteiger partial charge in [0, 0.05) is 31.0 Å². The molecule has 1 aromatic heterocycles. The molecule has 2 aliphatic heterocycles. The maximum atomic E-state index is 10.7. The molecule has 3 unspecified atom stereocenters. The van der Waals surface area contributed by atoms with E-state index in [1.54, 1.807) is 0 Å². The SMILES string of the molecule is O=C(O)CC1CC1C1N=NC(CCCc2ccc3c(n2)NCCC3)=N1. The van der Waals surface area contributed by atoms with Crippen LogP contribution >= 0.6 is 0 Å². The van der Waals surface area contributed by atoms with Crippen LogP contribution in [0.5, 0.6) is 0 Å². The Labute approximate surface area is 146 Å². The van der Waals surface area contributed by atoms with Gasteiger partial charge >= 0.3 is 5.97 Å². The molecule has 4 rings (SSSR count). The Morgan fingerprint density at radius 2 is 2.24 bits per heavy atom. The Bertz CT molecular complexity index is 730. The molecule has 132 valence electrons. The molecule has 0 aromatic carbocycles. The predicted octanol–water partition coefficient (Wildman–Crippen LogP) is 3.06.